The van der Waals surface area contributed by atoms with Crippen molar-refractivity contribution in [2.24, 2.45) is 5.41 Å². The van der Waals surface area contributed by atoms with E-state index in [-0.39, 0.29) is 11.2 Å². The fourth-order valence-electron chi connectivity index (χ4n) is 4.08. The SMILES string of the molecule is COc1ccc([C@@H]2Nc3nonc3NC3=C2C(=O)CC(C)(C)C3)c(OC)c1OC. The normalized spacial score (nSPS) is 20.0. The second-order valence-electron chi connectivity index (χ2n) is 7.92. The molecule has 1 aliphatic carbocycles. The van der Waals surface area contributed by atoms with Gasteiger partial charge in [-0.3, -0.25) is 4.79 Å². The molecule has 2 aliphatic rings. The van der Waals surface area contributed by atoms with Crippen LogP contribution in [-0.4, -0.2) is 37.4 Å². The van der Waals surface area contributed by atoms with Gasteiger partial charge in [-0.2, -0.15) is 0 Å². The number of methoxy groups -OCH3 is 3. The first-order valence-electron chi connectivity index (χ1n) is 9.29. The lowest BCUT2D eigenvalue weighted by Crippen LogP contribution is -2.31. The number of rotatable bonds is 4. The number of carbonyl (C=O) groups excluding carboxylic acids is 1. The third-order valence-corrected chi connectivity index (χ3v) is 5.29. The number of allylic oxidation sites excluding steroid dienone is 1. The smallest absolute Gasteiger partial charge is 0.219 e. The molecule has 0 amide bonds. The summed E-state index contributed by atoms with van der Waals surface area (Å²) in [6.45, 7) is 4.14. The summed E-state index contributed by atoms with van der Waals surface area (Å²) in [4.78, 5) is 13.2. The monoisotopic (exact) mass is 400 g/mol. The van der Waals surface area contributed by atoms with Gasteiger partial charge in [0.2, 0.25) is 17.4 Å². The summed E-state index contributed by atoms with van der Waals surface area (Å²) in [5.74, 6) is 2.40. The van der Waals surface area contributed by atoms with Gasteiger partial charge in [-0.15, -0.1) is 0 Å². The zero-order valence-electron chi connectivity index (χ0n) is 17.1. The minimum Gasteiger partial charge on any atom is -0.493 e. The predicted molar refractivity (Wildman–Crippen MR) is 105 cm³/mol. The Bertz CT molecular complexity index is 995. The molecule has 2 heterocycles. The molecule has 0 fully saturated rings. The van der Waals surface area contributed by atoms with E-state index in [9.17, 15) is 4.79 Å². The summed E-state index contributed by atoms with van der Waals surface area (Å²) in [5, 5.41) is 14.4. The molecule has 0 unspecified atom stereocenters. The molecule has 9 heteroatoms. The van der Waals surface area contributed by atoms with Crippen LogP contribution in [0.1, 0.15) is 38.3 Å². The number of ketones is 1. The highest BCUT2D eigenvalue weighted by atomic mass is 16.6. The van der Waals surface area contributed by atoms with Gasteiger partial charge in [0.1, 0.15) is 0 Å². The summed E-state index contributed by atoms with van der Waals surface area (Å²) in [7, 11) is 4.66. The Kier molecular flexibility index (Phi) is 4.60. The summed E-state index contributed by atoms with van der Waals surface area (Å²) < 4.78 is 21.5. The molecule has 4 rings (SSSR count). The van der Waals surface area contributed by atoms with E-state index in [1.54, 1.807) is 27.4 Å². The van der Waals surface area contributed by atoms with Crippen LogP contribution < -0.4 is 24.8 Å². The molecule has 1 aliphatic heterocycles. The van der Waals surface area contributed by atoms with Crippen molar-refractivity contribution in [3.63, 3.8) is 0 Å². The molecule has 1 atom stereocenters. The van der Waals surface area contributed by atoms with Gasteiger partial charge < -0.3 is 24.8 Å². The van der Waals surface area contributed by atoms with Crippen LogP contribution in [0.2, 0.25) is 0 Å². The van der Waals surface area contributed by atoms with E-state index in [0.29, 0.717) is 47.3 Å². The van der Waals surface area contributed by atoms with Gasteiger partial charge in [0, 0.05) is 23.3 Å². The van der Waals surface area contributed by atoms with Crippen molar-refractivity contribution in [2.75, 3.05) is 32.0 Å². The molecular formula is C20H24N4O5. The van der Waals surface area contributed by atoms with Crippen molar-refractivity contribution >= 4 is 17.4 Å². The van der Waals surface area contributed by atoms with E-state index in [0.717, 1.165) is 11.3 Å². The number of benzene rings is 1. The Hall–Kier alpha value is -3.23. The maximum atomic E-state index is 13.2. The van der Waals surface area contributed by atoms with E-state index in [4.69, 9.17) is 18.8 Å². The quantitative estimate of drug-likeness (QED) is 0.799. The van der Waals surface area contributed by atoms with Crippen molar-refractivity contribution in [2.45, 2.75) is 32.7 Å². The largest absolute Gasteiger partial charge is 0.493 e. The van der Waals surface area contributed by atoms with Gasteiger partial charge in [-0.25, -0.2) is 4.63 Å². The molecule has 9 nitrogen and oxygen atoms in total. The fraction of sp³-hybridized carbons (Fsp3) is 0.450. The van der Waals surface area contributed by atoms with Crippen molar-refractivity contribution in [3.8, 4) is 17.2 Å². The van der Waals surface area contributed by atoms with Crippen LogP contribution in [0.4, 0.5) is 11.6 Å². The number of ether oxygens (including phenoxy) is 3. The number of nitrogens with one attached hydrogen (secondary N) is 2. The Morgan fingerprint density at radius 1 is 1.03 bits per heavy atom. The summed E-state index contributed by atoms with van der Waals surface area (Å²) in [5.41, 5.74) is 1.99. The molecular weight excluding hydrogens is 376 g/mol. The molecule has 0 bridgehead atoms. The minimum absolute atomic E-state index is 0.0557. The zero-order chi connectivity index (χ0) is 20.8. The van der Waals surface area contributed by atoms with Crippen LogP contribution in [0.3, 0.4) is 0 Å². The summed E-state index contributed by atoms with van der Waals surface area (Å²) in [6.07, 6.45) is 1.13. The molecule has 2 aromatic rings. The van der Waals surface area contributed by atoms with Crippen LogP contribution >= 0.6 is 0 Å². The van der Waals surface area contributed by atoms with E-state index in [1.165, 1.54) is 0 Å². The van der Waals surface area contributed by atoms with Crippen molar-refractivity contribution in [1.82, 2.24) is 10.3 Å². The predicted octanol–water partition coefficient (Wildman–Crippen LogP) is 3.32. The van der Waals surface area contributed by atoms with Gasteiger partial charge in [0.15, 0.2) is 17.3 Å². The van der Waals surface area contributed by atoms with E-state index < -0.39 is 6.04 Å². The second-order valence-corrected chi connectivity index (χ2v) is 7.92. The highest BCUT2D eigenvalue weighted by molar-refractivity contribution is 6.01. The first-order valence-corrected chi connectivity index (χ1v) is 9.29. The Morgan fingerprint density at radius 3 is 2.45 bits per heavy atom. The lowest BCUT2D eigenvalue weighted by Gasteiger charge is -2.34. The lowest BCUT2D eigenvalue weighted by molar-refractivity contribution is -0.118. The summed E-state index contributed by atoms with van der Waals surface area (Å²) >= 11 is 0. The van der Waals surface area contributed by atoms with Crippen LogP contribution in [0.15, 0.2) is 28.0 Å². The van der Waals surface area contributed by atoms with Gasteiger partial charge in [0.25, 0.3) is 0 Å². The Labute approximate surface area is 168 Å². The summed E-state index contributed by atoms with van der Waals surface area (Å²) in [6, 6.07) is 3.12. The number of fused-ring (bicyclic) bond motifs is 1. The molecule has 1 aromatic heterocycles. The number of nitrogens with zero attached hydrogens (tertiary/aromatic N) is 2. The van der Waals surface area contributed by atoms with Gasteiger partial charge in [-0.05, 0) is 34.3 Å². The number of carbonyl (C=O) groups is 1. The van der Waals surface area contributed by atoms with Gasteiger partial charge in [0.05, 0.1) is 27.4 Å². The number of aromatic nitrogens is 2. The van der Waals surface area contributed by atoms with Crippen LogP contribution in [0, 0.1) is 5.41 Å². The van der Waals surface area contributed by atoms with Gasteiger partial charge in [-0.1, -0.05) is 13.8 Å². The highest BCUT2D eigenvalue weighted by Gasteiger charge is 2.41. The molecule has 0 saturated carbocycles. The highest BCUT2D eigenvalue weighted by Crippen LogP contribution is 2.49. The van der Waals surface area contributed by atoms with E-state index in [2.05, 4.69) is 34.8 Å². The van der Waals surface area contributed by atoms with E-state index >= 15 is 0 Å². The topological polar surface area (TPSA) is 108 Å². The van der Waals surface area contributed by atoms with Crippen molar-refractivity contribution < 1.29 is 23.6 Å². The molecule has 29 heavy (non-hydrogen) atoms. The molecule has 0 saturated heterocycles. The molecule has 0 radical (unpaired) electrons. The first kappa shape index (κ1) is 19.1. The van der Waals surface area contributed by atoms with Crippen LogP contribution in [-0.2, 0) is 4.79 Å². The van der Waals surface area contributed by atoms with Crippen molar-refractivity contribution in [3.05, 3.63) is 29.0 Å². The second kappa shape index (κ2) is 6.98. The van der Waals surface area contributed by atoms with Crippen LogP contribution in [0.5, 0.6) is 17.2 Å². The number of Topliss-reactive ketones (excluding diaryl/α,β-unsaturated/α-hetero) is 1. The molecule has 154 valence electrons. The van der Waals surface area contributed by atoms with Crippen LogP contribution in [0.25, 0.3) is 0 Å². The molecule has 2 N–H and O–H groups in total. The Balaban J connectivity index is 1.93. The van der Waals surface area contributed by atoms with Gasteiger partial charge >= 0.3 is 0 Å². The fourth-order valence-corrected chi connectivity index (χ4v) is 4.08. The number of hydrogen-bond acceptors (Lipinski definition) is 9. The average molecular weight is 400 g/mol. The maximum Gasteiger partial charge on any atom is 0.219 e. The maximum absolute atomic E-state index is 13.2. The van der Waals surface area contributed by atoms with Crippen molar-refractivity contribution in [1.29, 1.82) is 0 Å². The van der Waals surface area contributed by atoms with E-state index in [1.807, 2.05) is 6.07 Å². The number of anilines is 2. The first-order chi connectivity index (χ1) is 13.9. The zero-order valence-corrected chi connectivity index (χ0v) is 17.1. The standard InChI is InChI=1S/C20H24N4O5/c1-20(2)8-11-14(12(25)9-20)15(22-19-18(21-11)23-29-24-19)10-6-7-13(26-3)17(28-5)16(10)27-4/h6-7,15H,8-9H2,1-5H3,(H,21,23)(H,22,24)/t15-/m0/s1. The third-order valence-electron chi connectivity index (χ3n) is 5.29. The molecule has 0 spiro atoms. The Morgan fingerprint density at radius 2 is 1.76 bits per heavy atom. The molecule has 1 aromatic carbocycles. The minimum atomic E-state index is -0.524. The average Bonchev–Trinajstić information content (AvgIpc) is 3.04. The lowest BCUT2D eigenvalue weighted by atomic mass is 9.73. The third kappa shape index (κ3) is 3.16. The number of hydrogen-bond donors (Lipinski definition) is 2.